The molecule has 0 unspecified atom stereocenters. The summed E-state index contributed by atoms with van der Waals surface area (Å²) in [5.74, 6) is 0.572. The van der Waals surface area contributed by atoms with Crippen molar-refractivity contribution in [3.05, 3.63) is 31.8 Å². The Morgan fingerprint density at radius 1 is 1.33 bits per heavy atom. The monoisotopic (exact) mass is 198 g/mol. The van der Waals surface area contributed by atoms with Gasteiger partial charge in [0, 0.05) is 38.9 Å². The molecule has 3 heteroatoms. The molecule has 2 nitrogen and oxygen atoms in total. The number of hydrogen-bond donors (Lipinski definition) is 1. The first-order chi connectivity index (χ1) is 3.39. The van der Waals surface area contributed by atoms with Gasteiger partial charge in [-0.15, -0.1) is 0 Å². The first-order valence-corrected chi connectivity index (χ1v) is 2.06. The summed E-state index contributed by atoms with van der Waals surface area (Å²) in [7, 11) is 0. The molecule has 1 rings (SSSR count). The second kappa shape index (κ2) is 6.18. The van der Waals surface area contributed by atoms with E-state index in [0.29, 0.717) is 5.82 Å². The maximum absolute atomic E-state index is 5.25. The number of nitrogens with two attached hydrogens (primary N) is 1. The van der Waals surface area contributed by atoms with Crippen LogP contribution in [0, 0.1) is 7.43 Å². The minimum Gasteiger partial charge on any atom is -0.384 e. The molecule has 0 aromatic carbocycles. The van der Waals surface area contributed by atoms with Gasteiger partial charge in [-0.05, 0) is 12.1 Å². The first-order valence-electron chi connectivity index (χ1n) is 2.06. The van der Waals surface area contributed by atoms with E-state index in [0.717, 1.165) is 0 Å². The Hall–Kier alpha value is 0.0539. The Labute approximate surface area is 80.7 Å². The van der Waals surface area contributed by atoms with Crippen LogP contribution in [-0.2, 0) is 32.7 Å². The van der Waals surface area contributed by atoms with E-state index in [-0.39, 0.29) is 40.1 Å². The average Bonchev–Trinajstić information content (AvgIpc) is 1.69. The quantitative estimate of drug-likeness (QED) is 0.634. The Morgan fingerprint density at radius 3 is 2.22 bits per heavy atom. The largest absolute Gasteiger partial charge is 0.384 e. The van der Waals surface area contributed by atoms with Gasteiger partial charge in [0.2, 0.25) is 0 Å². The van der Waals surface area contributed by atoms with Gasteiger partial charge in [0.25, 0.3) is 0 Å². The molecule has 0 fully saturated rings. The van der Waals surface area contributed by atoms with Gasteiger partial charge in [-0.25, -0.2) is 4.98 Å². The van der Waals surface area contributed by atoms with E-state index in [4.69, 9.17) is 5.73 Å². The molecule has 9 heavy (non-hydrogen) atoms. The fraction of sp³-hybridized carbons (Fsp3) is 0. The van der Waals surface area contributed by atoms with Crippen molar-refractivity contribution in [3.8, 4) is 0 Å². The standard InChI is InChI=1S/C5H6N2.CH3.Y/c6-5-3-1-2-4-7-5;;/h1-4H,(H2,6,7);1H3;/q;-1;. The van der Waals surface area contributed by atoms with Crippen LogP contribution in [0.5, 0.6) is 0 Å². The number of nitrogens with zero attached hydrogens (tertiary/aromatic N) is 1. The molecular weight excluding hydrogens is 189 g/mol. The molecule has 0 amide bonds. The van der Waals surface area contributed by atoms with Gasteiger partial charge >= 0.3 is 0 Å². The van der Waals surface area contributed by atoms with Crippen molar-refractivity contribution in [2.45, 2.75) is 0 Å². The van der Waals surface area contributed by atoms with Crippen LogP contribution in [0.2, 0.25) is 0 Å². The van der Waals surface area contributed by atoms with E-state index in [9.17, 15) is 0 Å². The molecule has 0 spiro atoms. The van der Waals surface area contributed by atoms with Crippen molar-refractivity contribution in [3.63, 3.8) is 0 Å². The average molecular weight is 198 g/mol. The van der Waals surface area contributed by atoms with E-state index < -0.39 is 0 Å². The Morgan fingerprint density at radius 2 is 2.00 bits per heavy atom. The number of aromatic nitrogens is 1. The topological polar surface area (TPSA) is 38.9 Å². The van der Waals surface area contributed by atoms with Gasteiger partial charge in [0.05, 0.1) is 0 Å². The third kappa shape index (κ3) is 4.55. The summed E-state index contributed by atoms with van der Waals surface area (Å²) < 4.78 is 0. The summed E-state index contributed by atoms with van der Waals surface area (Å²) in [6, 6.07) is 5.43. The summed E-state index contributed by atoms with van der Waals surface area (Å²) in [5.41, 5.74) is 5.25. The molecule has 1 heterocycles. The molecule has 0 saturated carbocycles. The molecule has 0 aliphatic rings. The third-order valence-corrected chi connectivity index (χ3v) is 0.688. The van der Waals surface area contributed by atoms with Crippen molar-refractivity contribution >= 4 is 5.82 Å². The molecule has 1 radical (unpaired) electrons. The number of rotatable bonds is 0. The molecule has 1 aromatic rings. The Kier molecular flexibility index (Phi) is 8.10. The predicted molar refractivity (Wildman–Crippen MR) is 35.1 cm³/mol. The van der Waals surface area contributed by atoms with Crippen LogP contribution in [0.25, 0.3) is 0 Å². The van der Waals surface area contributed by atoms with E-state index in [1.165, 1.54) is 0 Å². The van der Waals surface area contributed by atoms with Crippen LogP contribution < -0.4 is 5.73 Å². The van der Waals surface area contributed by atoms with Gasteiger partial charge in [-0.2, -0.15) is 0 Å². The zero-order valence-electron chi connectivity index (χ0n) is 5.41. The summed E-state index contributed by atoms with van der Waals surface area (Å²) in [4.78, 5) is 3.76. The van der Waals surface area contributed by atoms with Gasteiger partial charge in [-0.1, -0.05) is 6.07 Å². The fourth-order valence-electron chi connectivity index (χ4n) is 0.376. The maximum atomic E-state index is 5.25. The second-order valence-corrected chi connectivity index (χ2v) is 1.25. The SMILES string of the molecule is Nc1ccccn1.[CH3-].[Y]. The summed E-state index contributed by atoms with van der Waals surface area (Å²) in [5, 5.41) is 0. The van der Waals surface area contributed by atoms with Crippen molar-refractivity contribution < 1.29 is 32.7 Å². The van der Waals surface area contributed by atoms with E-state index in [1.807, 2.05) is 12.1 Å². The zero-order valence-corrected chi connectivity index (χ0v) is 8.25. The van der Waals surface area contributed by atoms with Crippen LogP contribution in [0.4, 0.5) is 5.82 Å². The number of hydrogen-bond acceptors (Lipinski definition) is 2. The van der Waals surface area contributed by atoms with Crippen LogP contribution in [0.1, 0.15) is 0 Å². The van der Waals surface area contributed by atoms with Crippen molar-refractivity contribution in [2.24, 2.45) is 0 Å². The predicted octanol–water partition coefficient (Wildman–Crippen LogP) is 1.11. The molecule has 47 valence electrons. The van der Waals surface area contributed by atoms with Gasteiger partial charge < -0.3 is 13.2 Å². The molecule has 0 saturated heterocycles. The zero-order chi connectivity index (χ0) is 5.11. The number of pyridine rings is 1. The smallest absolute Gasteiger partial charge is 0.123 e. The van der Waals surface area contributed by atoms with Crippen LogP contribution in [-0.4, -0.2) is 4.98 Å². The second-order valence-electron chi connectivity index (χ2n) is 1.25. The number of anilines is 1. The minimum atomic E-state index is 0. The molecule has 0 aliphatic heterocycles. The van der Waals surface area contributed by atoms with E-state index >= 15 is 0 Å². The van der Waals surface area contributed by atoms with Crippen molar-refractivity contribution in [1.82, 2.24) is 4.98 Å². The molecule has 0 atom stereocenters. The summed E-state index contributed by atoms with van der Waals surface area (Å²) in [6.07, 6.45) is 1.66. The molecule has 0 aliphatic carbocycles. The van der Waals surface area contributed by atoms with E-state index in [2.05, 4.69) is 4.98 Å². The van der Waals surface area contributed by atoms with Gasteiger partial charge in [0.1, 0.15) is 5.82 Å². The third-order valence-electron chi connectivity index (χ3n) is 0.688. The van der Waals surface area contributed by atoms with Gasteiger partial charge in [0.15, 0.2) is 0 Å². The number of nitrogen functional groups attached to an aromatic ring is 1. The fourth-order valence-corrected chi connectivity index (χ4v) is 0.376. The van der Waals surface area contributed by atoms with Gasteiger partial charge in [-0.3, -0.25) is 0 Å². The molecular formula is C6H9N2Y-. The minimum absolute atomic E-state index is 0. The van der Waals surface area contributed by atoms with Crippen LogP contribution >= 0.6 is 0 Å². The Balaban J connectivity index is 0. The molecule has 0 bridgehead atoms. The van der Waals surface area contributed by atoms with Crippen molar-refractivity contribution in [1.29, 1.82) is 0 Å². The molecule has 2 N–H and O–H groups in total. The summed E-state index contributed by atoms with van der Waals surface area (Å²) in [6.45, 7) is 0. The maximum Gasteiger partial charge on any atom is 0.123 e. The first kappa shape index (κ1) is 11.8. The Bertz CT molecular complexity index is 141. The van der Waals surface area contributed by atoms with Crippen LogP contribution in [0.15, 0.2) is 24.4 Å². The van der Waals surface area contributed by atoms with Crippen molar-refractivity contribution in [2.75, 3.05) is 5.73 Å². The normalized spacial score (nSPS) is 6.67. The van der Waals surface area contributed by atoms with Crippen LogP contribution in [0.3, 0.4) is 0 Å². The summed E-state index contributed by atoms with van der Waals surface area (Å²) >= 11 is 0. The molecule has 1 aromatic heterocycles. The van der Waals surface area contributed by atoms with E-state index in [1.54, 1.807) is 12.3 Å².